The maximum Gasteiger partial charge on any atom is 0.108 e. The van der Waals surface area contributed by atoms with Crippen LogP contribution in [0, 0.1) is 5.41 Å². The third kappa shape index (κ3) is 4.64. The molecular formula is C12H25F. The van der Waals surface area contributed by atoms with Gasteiger partial charge in [0, 0.05) is 0 Å². The fourth-order valence-electron chi connectivity index (χ4n) is 2.01. The normalized spacial score (nSPS) is 20.8. The van der Waals surface area contributed by atoms with Crippen LogP contribution in [0.2, 0.25) is 0 Å². The van der Waals surface area contributed by atoms with Gasteiger partial charge in [-0.2, -0.15) is 0 Å². The first-order chi connectivity index (χ1) is 5.89. The van der Waals surface area contributed by atoms with Gasteiger partial charge in [-0.15, -0.1) is 0 Å². The average molecular weight is 188 g/mol. The molecule has 0 saturated carbocycles. The predicted molar refractivity (Wildman–Crippen MR) is 57.7 cm³/mol. The Labute approximate surface area is 82.9 Å². The first-order valence-electron chi connectivity index (χ1n) is 5.58. The van der Waals surface area contributed by atoms with Crippen LogP contribution >= 0.6 is 0 Å². The van der Waals surface area contributed by atoms with Gasteiger partial charge in [-0.25, -0.2) is 4.39 Å². The Balaban J connectivity index is 4.25. The van der Waals surface area contributed by atoms with Gasteiger partial charge in [-0.05, 0) is 31.6 Å². The molecule has 0 bridgehead atoms. The largest absolute Gasteiger partial charge is 0.244 e. The minimum Gasteiger partial charge on any atom is -0.244 e. The van der Waals surface area contributed by atoms with Gasteiger partial charge in [0.2, 0.25) is 0 Å². The van der Waals surface area contributed by atoms with E-state index in [-0.39, 0.29) is 5.41 Å². The van der Waals surface area contributed by atoms with E-state index in [1.807, 2.05) is 6.92 Å². The van der Waals surface area contributed by atoms with Crippen molar-refractivity contribution in [3.8, 4) is 0 Å². The second kappa shape index (κ2) is 4.97. The maximum atomic E-state index is 13.8. The SMILES string of the molecule is CCCC(C)(CC)CC(C)(F)CC. The number of halogens is 1. The first kappa shape index (κ1) is 12.9. The van der Waals surface area contributed by atoms with Crippen molar-refractivity contribution >= 4 is 0 Å². The van der Waals surface area contributed by atoms with Gasteiger partial charge >= 0.3 is 0 Å². The average Bonchev–Trinajstić information content (AvgIpc) is 2.04. The highest BCUT2D eigenvalue weighted by Gasteiger charge is 2.32. The number of hydrogen-bond acceptors (Lipinski definition) is 0. The van der Waals surface area contributed by atoms with Gasteiger partial charge in [-0.1, -0.05) is 40.5 Å². The Morgan fingerprint density at radius 1 is 1.00 bits per heavy atom. The van der Waals surface area contributed by atoms with Gasteiger partial charge in [0.05, 0.1) is 0 Å². The Kier molecular flexibility index (Phi) is 4.95. The summed E-state index contributed by atoms with van der Waals surface area (Å²) in [5.41, 5.74) is -0.770. The molecule has 13 heavy (non-hydrogen) atoms. The lowest BCUT2D eigenvalue weighted by molar-refractivity contribution is 0.0869. The van der Waals surface area contributed by atoms with Crippen molar-refractivity contribution in [3.05, 3.63) is 0 Å². The van der Waals surface area contributed by atoms with Gasteiger partial charge in [0.15, 0.2) is 0 Å². The molecule has 0 nitrogen and oxygen atoms in total. The molecule has 0 saturated heterocycles. The third-order valence-electron chi connectivity index (χ3n) is 3.24. The van der Waals surface area contributed by atoms with E-state index in [1.54, 1.807) is 6.92 Å². The third-order valence-corrected chi connectivity index (χ3v) is 3.24. The Hall–Kier alpha value is -0.0700. The summed E-state index contributed by atoms with van der Waals surface area (Å²) in [7, 11) is 0. The molecule has 0 aliphatic carbocycles. The molecule has 0 heterocycles. The molecule has 0 spiro atoms. The maximum absolute atomic E-state index is 13.8. The van der Waals surface area contributed by atoms with Gasteiger partial charge in [0.25, 0.3) is 0 Å². The standard InChI is InChI=1S/C12H25F/c1-6-9-11(4,7-2)10-12(5,13)8-3/h6-10H2,1-5H3. The Morgan fingerprint density at radius 3 is 1.85 bits per heavy atom. The van der Waals surface area contributed by atoms with E-state index in [0.29, 0.717) is 12.8 Å². The van der Waals surface area contributed by atoms with Crippen molar-refractivity contribution < 1.29 is 4.39 Å². The number of rotatable bonds is 6. The molecule has 0 aliphatic heterocycles. The smallest absolute Gasteiger partial charge is 0.108 e. The van der Waals surface area contributed by atoms with E-state index < -0.39 is 5.67 Å². The van der Waals surface area contributed by atoms with Crippen LogP contribution in [-0.4, -0.2) is 5.67 Å². The fraction of sp³-hybridized carbons (Fsp3) is 1.00. The van der Waals surface area contributed by atoms with E-state index >= 15 is 0 Å². The highest BCUT2D eigenvalue weighted by Crippen LogP contribution is 2.38. The van der Waals surface area contributed by atoms with Gasteiger partial charge < -0.3 is 0 Å². The van der Waals surface area contributed by atoms with Crippen LogP contribution in [0.15, 0.2) is 0 Å². The van der Waals surface area contributed by atoms with Crippen molar-refractivity contribution in [2.24, 2.45) is 5.41 Å². The summed E-state index contributed by atoms with van der Waals surface area (Å²) in [6, 6.07) is 0. The molecule has 1 heteroatoms. The summed E-state index contributed by atoms with van der Waals surface area (Å²) in [5.74, 6) is 0. The first-order valence-corrected chi connectivity index (χ1v) is 5.58. The molecule has 0 radical (unpaired) electrons. The summed E-state index contributed by atoms with van der Waals surface area (Å²) in [4.78, 5) is 0. The van der Waals surface area contributed by atoms with Crippen LogP contribution in [0.4, 0.5) is 4.39 Å². The number of alkyl halides is 1. The second-order valence-electron chi connectivity index (χ2n) is 4.86. The van der Waals surface area contributed by atoms with E-state index in [4.69, 9.17) is 0 Å². The van der Waals surface area contributed by atoms with Crippen molar-refractivity contribution in [3.63, 3.8) is 0 Å². The Morgan fingerprint density at radius 2 is 1.54 bits per heavy atom. The van der Waals surface area contributed by atoms with Crippen molar-refractivity contribution in [2.75, 3.05) is 0 Å². The van der Waals surface area contributed by atoms with Crippen molar-refractivity contribution in [1.82, 2.24) is 0 Å². The Bertz CT molecular complexity index is 140. The second-order valence-corrected chi connectivity index (χ2v) is 4.86. The zero-order chi connectivity index (χ0) is 10.5. The minimum atomic E-state index is -0.972. The van der Waals surface area contributed by atoms with E-state index in [0.717, 1.165) is 19.3 Å². The molecule has 0 fully saturated rings. The lowest BCUT2D eigenvalue weighted by Crippen LogP contribution is -2.28. The summed E-state index contributed by atoms with van der Waals surface area (Å²) >= 11 is 0. The molecule has 2 unspecified atom stereocenters. The summed E-state index contributed by atoms with van der Waals surface area (Å²) in [6.07, 6.45) is 4.72. The molecule has 0 amide bonds. The highest BCUT2D eigenvalue weighted by atomic mass is 19.1. The van der Waals surface area contributed by atoms with Crippen LogP contribution in [0.1, 0.15) is 66.7 Å². The summed E-state index contributed by atoms with van der Waals surface area (Å²) < 4.78 is 13.8. The van der Waals surface area contributed by atoms with Crippen LogP contribution in [0.3, 0.4) is 0 Å². The monoisotopic (exact) mass is 188 g/mol. The van der Waals surface area contributed by atoms with Crippen molar-refractivity contribution in [1.29, 1.82) is 0 Å². The molecule has 0 aromatic carbocycles. The van der Waals surface area contributed by atoms with Crippen LogP contribution in [-0.2, 0) is 0 Å². The van der Waals surface area contributed by atoms with Crippen LogP contribution in [0.25, 0.3) is 0 Å². The molecule has 2 atom stereocenters. The topological polar surface area (TPSA) is 0 Å². The molecule has 0 aromatic rings. The van der Waals surface area contributed by atoms with E-state index in [1.165, 1.54) is 0 Å². The molecule has 0 N–H and O–H groups in total. The molecule has 0 aromatic heterocycles. The lowest BCUT2D eigenvalue weighted by Gasteiger charge is -2.34. The van der Waals surface area contributed by atoms with E-state index in [2.05, 4.69) is 20.8 Å². The zero-order valence-corrected chi connectivity index (χ0v) is 9.91. The summed E-state index contributed by atoms with van der Waals surface area (Å²) in [6.45, 7) is 10.2. The quantitative estimate of drug-likeness (QED) is 0.565. The number of hydrogen-bond donors (Lipinski definition) is 0. The van der Waals surface area contributed by atoms with Gasteiger partial charge in [0.1, 0.15) is 5.67 Å². The van der Waals surface area contributed by atoms with Crippen LogP contribution in [0.5, 0.6) is 0 Å². The zero-order valence-electron chi connectivity index (χ0n) is 9.91. The predicted octanol–water partition coefficient (Wildman–Crippen LogP) is 4.73. The van der Waals surface area contributed by atoms with E-state index in [9.17, 15) is 4.39 Å². The minimum absolute atomic E-state index is 0.203. The molecule has 80 valence electrons. The lowest BCUT2D eigenvalue weighted by atomic mass is 9.74. The molecule has 0 aliphatic rings. The highest BCUT2D eigenvalue weighted by molar-refractivity contribution is 4.83. The van der Waals surface area contributed by atoms with Crippen molar-refractivity contribution in [2.45, 2.75) is 72.4 Å². The fourth-order valence-corrected chi connectivity index (χ4v) is 2.01. The summed E-state index contributed by atoms with van der Waals surface area (Å²) in [5, 5.41) is 0. The van der Waals surface area contributed by atoms with Gasteiger partial charge in [-0.3, -0.25) is 0 Å². The molecule has 0 rings (SSSR count). The van der Waals surface area contributed by atoms with Crippen LogP contribution < -0.4 is 0 Å². The molecular weight excluding hydrogens is 163 g/mol.